The van der Waals surface area contributed by atoms with Crippen molar-refractivity contribution < 1.29 is 14.4 Å². The summed E-state index contributed by atoms with van der Waals surface area (Å²) in [6, 6.07) is 7.94. The predicted octanol–water partition coefficient (Wildman–Crippen LogP) is 3.04. The molecule has 8 nitrogen and oxygen atoms in total. The van der Waals surface area contributed by atoms with Crippen molar-refractivity contribution >= 4 is 28.9 Å². The Morgan fingerprint density at radius 2 is 1.97 bits per heavy atom. The smallest absolute Gasteiger partial charge is 0.325 e. The number of hydrogen-bond acceptors (Lipinski definition) is 4. The van der Waals surface area contributed by atoms with Gasteiger partial charge in [0.2, 0.25) is 5.91 Å². The summed E-state index contributed by atoms with van der Waals surface area (Å²) in [6.07, 6.45) is 3.71. The Bertz CT molecular complexity index is 1090. The first kappa shape index (κ1) is 21.0. The zero-order chi connectivity index (χ0) is 22.6. The predicted molar refractivity (Wildman–Crippen MR) is 120 cm³/mol. The maximum absolute atomic E-state index is 13.1. The molecule has 2 aliphatic heterocycles. The molecule has 170 valence electrons. The lowest BCUT2D eigenvalue weighted by Gasteiger charge is -2.34. The maximum atomic E-state index is 13.1. The van der Waals surface area contributed by atoms with Gasteiger partial charge in [-0.05, 0) is 64.5 Å². The maximum Gasteiger partial charge on any atom is 0.325 e. The molecule has 2 atom stereocenters. The van der Waals surface area contributed by atoms with E-state index in [0.717, 1.165) is 47.4 Å². The lowest BCUT2D eigenvalue weighted by molar-refractivity contribution is -0.139. The van der Waals surface area contributed by atoms with Crippen LogP contribution in [-0.2, 0) is 9.59 Å². The highest BCUT2D eigenvalue weighted by Crippen LogP contribution is 2.42. The van der Waals surface area contributed by atoms with Crippen LogP contribution >= 0.6 is 0 Å². The molecule has 4 amide bonds. The number of aromatic nitrogens is 2. The number of para-hydroxylation sites is 2. The third-order valence-corrected chi connectivity index (χ3v) is 7.27. The molecule has 1 aromatic carbocycles. The monoisotopic (exact) mass is 437 g/mol. The molecule has 3 fully saturated rings. The molecule has 2 saturated heterocycles. The van der Waals surface area contributed by atoms with Crippen LogP contribution in [0.25, 0.3) is 11.0 Å². The second-order valence-electron chi connectivity index (χ2n) is 9.90. The Morgan fingerprint density at radius 1 is 1.22 bits per heavy atom. The van der Waals surface area contributed by atoms with Gasteiger partial charge in [0.05, 0.1) is 11.0 Å². The van der Waals surface area contributed by atoms with E-state index in [1.165, 1.54) is 0 Å². The average molecular weight is 438 g/mol. The zero-order valence-corrected chi connectivity index (χ0v) is 19.0. The standard InChI is InChI=1S/C24H31N5O3/c1-15(2)29-19-9-5-4-8-18(19)25-21(29)16-7-6-12-27(13-16)20(30)14-28-22(31)24(3,17-10-11-17)26-23(28)32/h4-5,8-9,15-17H,6-7,10-14H2,1-3H3,(H,26,32). The normalized spacial score (nSPS) is 26.3. The number of imidazole rings is 1. The Kier molecular flexibility index (Phi) is 4.98. The summed E-state index contributed by atoms with van der Waals surface area (Å²) in [4.78, 5) is 46.3. The first-order valence-corrected chi connectivity index (χ1v) is 11.7. The fourth-order valence-electron chi connectivity index (χ4n) is 5.34. The van der Waals surface area contributed by atoms with Crippen LogP contribution in [0.2, 0.25) is 0 Å². The Labute approximate surface area is 187 Å². The highest BCUT2D eigenvalue weighted by Gasteiger charge is 2.56. The van der Waals surface area contributed by atoms with Crippen molar-refractivity contribution in [1.29, 1.82) is 0 Å². The van der Waals surface area contributed by atoms with E-state index in [2.05, 4.69) is 29.8 Å². The van der Waals surface area contributed by atoms with Crippen LogP contribution < -0.4 is 5.32 Å². The first-order chi connectivity index (χ1) is 15.3. The van der Waals surface area contributed by atoms with Crippen LogP contribution in [0.15, 0.2) is 24.3 Å². The molecule has 1 aliphatic carbocycles. The number of piperidine rings is 1. The number of amides is 4. The number of carbonyl (C=O) groups is 3. The van der Waals surface area contributed by atoms with Crippen molar-refractivity contribution in [2.75, 3.05) is 19.6 Å². The van der Waals surface area contributed by atoms with E-state index in [1.807, 2.05) is 18.2 Å². The lowest BCUT2D eigenvalue weighted by atomic mass is 9.96. The van der Waals surface area contributed by atoms with E-state index >= 15 is 0 Å². The number of urea groups is 1. The number of nitrogens with one attached hydrogen (secondary N) is 1. The van der Waals surface area contributed by atoms with E-state index in [0.29, 0.717) is 13.1 Å². The number of rotatable bonds is 5. The minimum atomic E-state index is -0.857. The van der Waals surface area contributed by atoms with Gasteiger partial charge in [-0.15, -0.1) is 0 Å². The van der Waals surface area contributed by atoms with Gasteiger partial charge in [0, 0.05) is 25.0 Å². The second kappa shape index (κ2) is 7.60. The molecule has 32 heavy (non-hydrogen) atoms. The van der Waals surface area contributed by atoms with Gasteiger partial charge in [0.15, 0.2) is 0 Å². The van der Waals surface area contributed by atoms with Crippen LogP contribution in [0.1, 0.15) is 64.2 Å². The van der Waals surface area contributed by atoms with Gasteiger partial charge in [-0.1, -0.05) is 12.1 Å². The quantitative estimate of drug-likeness (QED) is 0.729. The minimum Gasteiger partial charge on any atom is -0.340 e. The summed E-state index contributed by atoms with van der Waals surface area (Å²) >= 11 is 0. The van der Waals surface area contributed by atoms with Gasteiger partial charge in [-0.3, -0.25) is 14.5 Å². The van der Waals surface area contributed by atoms with Crippen molar-refractivity contribution in [1.82, 2.24) is 24.7 Å². The molecule has 1 aromatic heterocycles. The van der Waals surface area contributed by atoms with Crippen molar-refractivity contribution in [2.24, 2.45) is 5.92 Å². The number of nitrogens with zero attached hydrogens (tertiary/aromatic N) is 4. The summed E-state index contributed by atoms with van der Waals surface area (Å²) in [5, 5.41) is 2.82. The van der Waals surface area contributed by atoms with E-state index < -0.39 is 11.6 Å². The summed E-state index contributed by atoms with van der Waals surface area (Å²) in [5.41, 5.74) is 1.22. The molecule has 2 aromatic rings. The Hall–Kier alpha value is -2.90. The number of fused-ring (bicyclic) bond motifs is 1. The molecule has 0 radical (unpaired) electrons. The first-order valence-electron chi connectivity index (χ1n) is 11.7. The van der Waals surface area contributed by atoms with Gasteiger partial charge >= 0.3 is 6.03 Å². The summed E-state index contributed by atoms with van der Waals surface area (Å²) in [7, 11) is 0. The van der Waals surface area contributed by atoms with Crippen molar-refractivity contribution in [2.45, 2.75) is 64.0 Å². The average Bonchev–Trinajstić information content (AvgIpc) is 3.52. The highest BCUT2D eigenvalue weighted by molar-refractivity contribution is 6.09. The van der Waals surface area contributed by atoms with E-state index in [-0.39, 0.29) is 36.2 Å². The molecular formula is C24H31N5O3. The van der Waals surface area contributed by atoms with Crippen LogP contribution in [0.5, 0.6) is 0 Å². The summed E-state index contributed by atoms with van der Waals surface area (Å²) < 4.78 is 2.27. The van der Waals surface area contributed by atoms with Crippen LogP contribution in [0.4, 0.5) is 4.79 Å². The Balaban J connectivity index is 1.33. The van der Waals surface area contributed by atoms with Gasteiger partial charge in [-0.2, -0.15) is 0 Å². The van der Waals surface area contributed by atoms with Crippen LogP contribution in [-0.4, -0.2) is 62.4 Å². The number of hydrogen-bond donors (Lipinski definition) is 1. The van der Waals surface area contributed by atoms with Gasteiger partial charge in [-0.25, -0.2) is 9.78 Å². The third kappa shape index (κ3) is 3.36. The zero-order valence-electron chi connectivity index (χ0n) is 19.0. The number of likely N-dealkylation sites (tertiary alicyclic amines) is 1. The number of carbonyl (C=O) groups excluding carboxylic acids is 3. The SMILES string of the molecule is CC(C)n1c(C2CCCN(C(=O)CN3C(=O)NC(C)(C4CC4)C3=O)C2)nc2ccccc21. The molecule has 0 spiro atoms. The lowest BCUT2D eigenvalue weighted by Crippen LogP contribution is -2.48. The molecule has 0 bridgehead atoms. The summed E-state index contributed by atoms with van der Waals surface area (Å²) in [5.74, 6) is 0.874. The van der Waals surface area contributed by atoms with E-state index in [1.54, 1.807) is 11.8 Å². The van der Waals surface area contributed by atoms with Crippen LogP contribution in [0, 0.1) is 5.92 Å². The fourth-order valence-corrected chi connectivity index (χ4v) is 5.34. The van der Waals surface area contributed by atoms with Gasteiger partial charge < -0.3 is 14.8 Å². The topological polar surface area (TPSA) is 87.5 Å². The van der Waals surface area contributed by atoms with Crippen LogP contribution in [0.3, 0.4) is 0 Å². The molecule has 3 heterocycles. The van der Waals surface area contributed by atoms with E-state index in [4.69, 9.17) is 4.98 Å². The largest absolute Gasteiger partial charge is 0.340 e. The minimum absolute atomic E-state index is 0.127. The second-order valence-corrected chi connectivity index (χ2v) is 9.90. The number of benzene rings is 1. The van der Waals surface area contributed by atoms with Crippen molar-refractivity contribution in [3.63, 3.8) is 0 Å². The summed E-state index contributed by atoms with van der Waals surface area (Å²) in [6.45, 7) is 7.08. The highest BCUT2D eigenvalue weighted by atomic mass is 16.2. The molecule has 8 heteroatoms. The molecule has 1 saturated carbocycles. The fraction of sp³-hybridized carbons (Fsp3) is 0.583. The van der Waals surface area contributed by atoms with Gasteiger partial charge in [0.25, 0.3) is 5.91 Å². The molecular weight excluding hydrogens is 406 g/mol. The van der Waals surface area contributed by atoms with Crippen molar-refractivity contribution in [3.8, 4) is 0 Å². The number of imide groups is 1. The molecule has 1 N–H and O–H groups in total. The van der Waals surface area contributed by atoms with E-state index in [9.17, 15) is 14.4 Å². The molecule has 3 aliphatic rings. The van der Waals surface area contributed by atoms with Crippen molar-refractivity contribution in [3.05, 3.63) is 30.1 Å². The van der Waals surface area contributed by atoms with Gasteiger partial charge in [0.1, 0.15) is 17.9 Å². The molecule has 2 unspecified atom stereocenters. The Morgan fingerprint density at radius 3 is 2.69 bits per heavy atom. The third-order valence-electron chi connectivity index (χ3n) is 7.27. The molecule has 5 rings (SSSR count).